The lowest BCUT2D eigenvalue weighted by molar-refractivity contribution is -0.137. The number of amides is 2. The van der Waals surface area contributed by atoms with E-state index in [2.05, 4.69) is 32.6 Å². The molecule has 40 heavy (non-hydrogen) atoms. The highest BCUT2D eigenvalue weighted by Crippen LogP contribution is 2.36. The second-order valence-electron chi connectivity index (χ2n) is 10.9. The molecule has 1 atom stereocenters. The maximum atomic E-state index is 12.9. The van der Waals surface area contributed by atoms with E-state index >= 15 is 0 Å². The fraction of sp³-hybridized carbons (Fsp3) is 0.552. The molecule has 1 aliphatic carbocycles. The third-order valence-electron chi connectivity index (χ3n) is 8.24. The lowest BCUT2D eigenvalue weighted by atomic mass is 9.82. The molecule has 0 radical (unpaired) electrons. The number of ether oxygens (including phenoxy) is 1. The van der Waals surface area contributed by atoms with Crippen molar-refractivity contribution < 1.29 is 27.5 Å². The Labute approximate surface area is 232 Å². The summed E-state index contributed by atoms with van der Waals surface area (Å²) in [4.78, 5) is 34.1. The lowest BCUT2D eigenvalue weighted by Crippen LogP contribution is -2.44. The highest BCUT2D eigenvalue weighted by Gasteiger charge is 2.33. The summed E-state index contributed by atoms with van der Waals surface area (Å²) in [6.45, 7) is 4.63. The van der Waals surface area contributed by atoms with Gasteiger partial charge in [0, 0.05) is 50.0 Å². The number of halogens is 3. The second-order valence-corrected chi connectivity index (χ2v) is 10.9. The number of nitrogens with zero attached hydrogens (tertiary/aromatic N) is 3. The number of pyridine rings is 1. The van der Waals surface area contributed by atoms with Crippen LogP contribution >= 0.6 is 0 Å². The van der Waals surface area contributed by atoms with E-state index in [1.165, 1.54) is 17.7 Å². The van der Waals surface area contributed by atoms with Crippen LogP contribution in [-0.2, 0) is 15.7 Å². The predicted octanol–water partition coefficient (Wildman–Crippen LogP) is 3.58. The molecule has 8 nitrogen and oxygen atoms in total. The van der Waals surface area contributed by atoms with Gasteiger partial charge in [0.1, 0.15) is 5.82 Å². The average Bonchev–Trinajstić information content (AvgIpc) is 3.44. The zero-order chi connectivity index (χ0) is 28.1. The van der Waals surface area contributed by atoms with Crippen LogP contribution in [0, 0.1) is 0 Å². The average molecular weight is 560 g/mol. The van der Waals surface area contributed by atoms with Crippen molar-refractivity contribution in [1.29, 1.82) is 0 Å². The molecule has 1 unspecified atom stereocenters. The smallest absolute Gasteiger partial charge is 0.378 e. The fourth-order valence-corrected chi connectivity index (χ4v) is 6.01. The molecule has 1 aromatic heterocycles. The van der Waals surface area contributed by atoms with Gasteiger partial charge in [0.05, 0.1) is 25.3 Å². The van der Waals surface area contributed by atoms with Crippen LogP contribution in [0.25, 0.3) is 0 Å². The van der Waals surface area contributed by atoms with Crippen LogP contribution in [0.15, 0.2) is 42.6 Å². The molecule has 3 aliphatic rings. The summed E-state index contributed by atoms with van der Waals surface area (Å²) < 4.78 is 44.1. The van der Waals surface area contributed by atoms with E-state index in [4.69, 9.17) is 9.72 Å². The number of benzene rings is 1. The van der Waals surface area contributed by atoms with Crippen molar-refractivity contribution >= 4 is 17.6 Å². The summed E-state index contributed by atoms with van der Waals surface area (Å²) in [7, 11) is 0. The van der Waals surface area contributed by atoms with Crippen molar-refractivity contribution in [2.24, 2.45) is 0 Å². The molecule has 2 amide bonds. The Morgan fingerprint density at radius 1 is 1.00 bits per heavy atom. The number of hydrogen-bond donors (Lipinski definition) is 2. The van der Waals surface area contributed by atoms with Crippen molar-refractivity contribution in [3.63, 3.8) is 0 Å². The molecule has 11 heteroatoms. The van der Waals surface area contributed by atoms with Gasteiger partial charge in [0.25, 0.3) is 5.91 Å². The monoisotopic (exact) mass is 559 g/mol. The summed E-state index contributed by atoms with van der Waals surface area (Å²) in [6, 6.07) is 8.99. The van der Waals surface area contributed by atoms with E-state index < -0.39 is 17.6 Å². The third kappa shape index (κ3) is 7.11. The van der Waals surface area contributed by atoms with Crippen LogP contribution < -0.4 is 15.5 Å². The van der Waals surface area contributed by atoms with Gasteiger partial charge in [-0.3, -0.25) is 14.5 Å². The van der Waals surface area contributed by atoms with Crippen LogP contribution in [0.5, 0.6) is 0 Å². The van der Waals surface area contributed by atoms with E-state index in [9.17, 15) is 22.8 Å². The third-order valence-corrected chi connectivity index (χ3v) is 8.24. The molecule has 1 saturated carbocycles. The number of likely N-dealkylation sites (tertiary alicyclic amines) is 1. The molecule has 2 saturated heterocycles. The number of rotatable bonds is 7. The standard InChI is InChI=1S/C29H36F3N5O3/c30-29(31,32)23-3-1-2-21(16-23)28(39)34-18-27(38)35-24-10-11-37(19-24)25-7-4-20(5-8-25)22-6-9-26(33-17-22)36-12-14-40-15-13-36/h1-3,6,9,16-17,20,24-25H,4-5,7-8,10-15,18-19H2,(H,34,39)(H,35,38). The minimum atomic E-state index is -4.53. The van der Waals surface area contributed by atoms with Gasteiger partial charge < -0.3 is 20.3 Å². The Bertz CT molecular complexity index is 1160. The first-order valence-electron chi connectivity index (χ1n) is 14.0. The Hall–Kier alpha value is -3.18. The first kappa shape index (κ1) is 28.4. The van der Waals surface area contributed by atoms with Crippen molar-refractivity contribution in [3.05, 3.63) is 59.3 Å². The van der Waals surface area contributed by atoms with Gasteiger partial charge in [-0.15, -0.1) is 0 Å². The Morgan fingerprint density at radius 2 is 1.77 bits per heavy atom. The van der Waals surface area contributed by atoms with E-state index in [-0.39, 0.29) is 24.1 Å². The molecule has 0 bridgehead atoms. The number of anilines is 1. The van der Waals surface area contributed by atoms with Crippen LogP contribution in [0.3, 0.4) is 0 Å². The van der Waals surface area contributed by atoms with Crippen molar-refractivity contribution in [3.8, 4) is 0 Å². The second kappa shape index (κ2) is 12.6. The lowest BCUT2D eigenvalue weighted by Gasteiger charge is -2.35. The van der Waals surface area contributed by atoms with Crippen LogP contribution in [0.4, 0.5) is 19.0 Å². The van der Waals surface area contributed by atoms with Crippen LogP contribution in [0.1, 0.15) is 59.5 Å². The maximum absolute atomic E-state index is 12.9. The molecule has 216 valence electrons. The topological polar surface area (TPSA) is 86.8 Å². The molecule has 5 rings (SSSR count). The Morgan fingerprint density at radius 3 is 2.48 bits per heavy atom. The zero-order valence-corrected chi connectivity index (χ0v) is 22.5. The van der Waals surface area contributed by atoms with Gasteiger partial charge in [0.15, 0.2) is 0 Å². The summed E-state index contributed by atoms with van der Waals surface area (Å²) in [5.74, 6) is 0.475. The number of alkyl halides is 3. The maximum Gasteiger partial charge on any atom is 0.416 e. The van der Waals surface area contributed by atoms with Crippen molar-refractivity contribution in [1.82, 2.24) is 20.5 Å². The first-order chi connectivity index (χ1) is 19.3. The zero-order valence-electron chi connectivity index (χ0n) is 22.5. The summed E-state index contributed by atoms with van der Waals surface area (Å²) in [6.07, 6.45) is 2.75. The molecular weight excluding hydrogens is 523 g/mol. The van der Waals surface area contributed by atoms with Gasteiger partial charge in [0.2, 0.25) is 5.91 Å². The van der Waals surface area contributed by atoms with Gasteiger partial charge in [-0.1, -0.05) is 12.1 Å². The number of carbonyl (C=O) groups is 2. The first-order valence-corrected chi connectivity index (χ1v) is 14.0. The van der Waals surface area contributed by atoms with Crippen molar-refractivity contribution in [2.45, 2.75) is 56.3 Å². The van der Waals surface area contributed by atoms with E-state index in [0.717, 1.165) is 89.4 Å². The van der Waals surface area contributed by atoms with Crippen molar-refractivity contribution in [2.75, 3.05) is 50.8 Å². The summed E-state index contributed by atoms with van der Waals surface area (Å²) in [5, 5.41) is 5.38. The molecule has 2 aromatic rings. The van der Waals surface area contributed by atoms with E-state index in [1.54, 1.807) is 0 Å². The minimum Gasteiger partial charge on any atom is -0.378 e. The molecule has 0 spiro atoms. The van der Waals surface area contributed by atoms with E-state index in [0.29, 0.717) is 12.0 Å². The normalized spacial score (nSPS) is 24.1. The molecular formula is C29H36F3N5O3. The number of nitrogens with one attached hydrogen (secondary N) is 2. The van der Waals surface area contributed by atoms with Crippen LogP contribution in [0.2, 0.25) is 0 Å². The fourth-order valence-electron chi connectivity index (χ4n) is 6.01. The largest absolute Gasteiger partial charge is 0.416 e. The highest BCUT2D eigenvalue weighted by atomic mass is 19.4. The van der Waals surface area contributed by atoms with Crippen LogP contribution in [-0.4, -0.2) is 79.7 Å². The minimum absolute atomic E-state index is 0.00684. The number of hydrogen-bond acceptors (Lipinski definition) is 6. The predicted molar refractivity (Wildman–Crippen MR) is 144 cm³/mol. The Balaban J connectivity index is 1.03. The number of aromatic nitrogens is 1. The molecule has 1 aromatic carbocycles. The number of carbonyl (C=O) groups excluding carboxylic acids is 2. The molecule has 2 N–H and O–H groups in total. The number of morpholine rings is 1. The molecule has 2 aliphatic heterocycles. The summed E-state index contributed by atoms with van der Waals surface area (Å²) in [5.41, 5.74) is 0.270. The highest BCUT2D eigenvalue weighted by molar-refractivity contribution is 5.96. The SMILES string of the molecule is O=C(CNC(=O)c1cccc(C(F)(F)F)c1)NC1CCN(C2CCC(c3ccc(N4CCOCC4)nc3)CC2)C1. The van der Waals surface area contributed by atoms with E-state index in [1.807, 2.05) is 6.20 Å². The van der Waals surface area contributed by atoms with Gasteiger partial charge >= 0.3 is 6.18 Å². The summed E-state index contributed by atoms with van der Waals surface area (Å²) >= 11 is 0. The molecule has 3 fully saturated rings. The Kier molecular flexibility index (Phi) is 8.90. The van der Waals surface area contributed by atoms with Gasteiger partial charge in [-0.2, -0.15) is 13.2 Å². The van der Waals surface area contributed by atoms with Gasteiger partial charge in [-0.25, -0.2) is 4.98 Å². The molecule has 3 heterocycles. The quantitative estimate of drug-likeness (QED) is 0.540. The van der Waals surface area contributed by atoms with Gasteiger partial charge in [-0.05, 0) is 67.9 Å².